The Hall–Kier alpha value is -1.12. The fourth-order valence-electron chi connectivity index (χ4n) is 3.45. The third kappa shape index (κ3) is 3.60. The molecule has 0 unspecified atom stereocenters. The van der Waals surface area contributed by atoms with E-state index in [1.54, 1.807) is 27.7 Å². The molecule has 1 N–H and O–H groups in total. The molecule has 24 heavy (non-hydrogen) atoms. The van der Waals surface area contributed by atoms with Crippen LogP contribution in [0, 0.1) is 0 Å². The van der Waals surface area contributed by atoms with Crippen LogP contribution >= 0.6 is 23.1 Å². The summed E-state index contributed by atoms with van der Waals surface area (Å²) in [6.07, 6.45) is 7.43. The molecule has 0 radical (unpaired) electrons. The molecule has 6 nitrogen and oxygen atoms in total. The van der Waals surface area contributed by atoms with E-state index in [1.165, 1.54) is 30.7 Å². The smallest absolute Gasteiger partial charge is 0.344 e. The van der Waals surface area contributed by atoms with E-state index in [0.29, 0.717) is 12.5 Å². The van der Waals surface area contributed by atoms with Crippen LogP contribution < -0.4 is 5.69 Å². The molecule has 1 atom stereocenters. The molecule has 1 saturated heterocycles. The number of aromatic nitrogens is 4. The van der Waals surface area contributed by atoms with Crippen molar-refractivity contribution in [2.75, 3.05) is 6.61 Å². The molecule has 130 valence electrons. The Labute approximate surface area is 149 Å². The zero-order valence-electron chi connectivity index (χ0n) is 13.6. The summed E-state index contributed by atoms with van der Waals surface area (Å²) in [5.41, 5.74) is 0.934. The Morgan fingerprint density at radius 1 is 1.33 bits per heavy atom. The average Bonchev–Trinajstić information content (AvgIpc) is 3.36. The number of nitrogens with zero attached hydrogens (tertiary/aromatic N) is 3. The van der Waals surface area contributed by atoms with E-state index >= 15 is 0 Å². The van der Waals surface area contributed by atoms with Crippen LogP contribution in [0.1, 0.15) is 55.1 Å². The van der Waals surface area contributed by atoms with Gasteiger partial charge in [-0.3, -0.25) is 4.57 Å². The SMILES string of the molecule is O=c1[nH]nc(SCc2csc(C3CCCC3)n2)n1C[C@H]1CCCO1. The van der Waals surface area contributed by atoms with Crippen LogP contribution in [0.25, 0.3) is 0 Å². The molecule has 2 fully saturated rings. The zero-order valence-corrected chi connectivity index (χ0v) is 15.2. The van der Waals surface area contributed by atoms with Gasteiger partial charge in [-0.05, 0) is 25.7 Å². The summed E-state index contributed by atoms with van der Waals surface area (Å²) in [6, 6.07) is 0. The van der Waals surface area contributed by atoms with Crippen LogP contribution in [0.4, 0.5) is 0 Å². The summed E-state index contributed by atoms with van der Waals surface area (Å²) >= 11 is 3.35. The topological polar surface area (TPSA) is 72.8 Å². The molecule has 1 aliphatic heterocycles. The van der Waals surface area contributed by atoms with Gasteiger partial charge in [0.1, 0.15) is 0 Å². The Balaban J connectivity index is 1.39. The highest BCUT2D eigenvalue weighted by atomic mass is 32.2. The number of hydrogen-bond donors (Lipinski definition) is 1. The molecule has 0 aromatic carbocycles. The first-order chi connectivity index (χ1) is 11.8. The molecule has 0 spiro atoms. The molecule has 1 saturated carbocycles. The van der Waals surface area contributed by atoms with Crippen molar-refractivity contribution >= 4 is 23.1 Å². The van der Waals surface area contributed by atoms with Gasteiger partial charge < -0.3 is 4.74 Å². The maximum Gasteiger partial charge on any atom is 0.344 e. The highest BCUT2D eigenvalue weighted by Crippen LogP contribution is 2.36. The van der Waals surface area contributed by atoms with E-state index in [9.17, 15) is 4.79 Å². The number of thioether (sulfide) groups is 1. The lowest BCUT2D eigenvalue weighted by Gasteiger charge is -2.10. The number of ether oxygens (including phenoxy) is 1. The van der Waals surface area contributed by atoms with Crippen LogP contribution in [0.5, 0.6) is 0 Å². The van der Waals surface area contributed by atoms with Crippen molar-refractivity contribution in [1.29, 1.82) is 0 Å². The fraction of sp³-hybridized carbons (Fsp3) is 0.688. The lowest BCUT2D eigenvalue weighted by molar-refractivity contribution is 0.0941. The monoisotopic (exact) mass is 366 g/mol. The number of rotatable bonds is 6. The average molecular weight is 367 g/mol. The normalized spacial score (nSPS) is 21.8. The summed E-state index contributed by atoms with van der Waals surface area (Å²) in [5, 5.41) is 10.9. The molecule has 4 rings (SSSR count). The van der Waals surface area contributed by atoms with Gasteiger partial charge in [-0.15, -0.1) is 16.4 Å². The second-order valence-electron chi connectivity index (χ2n) is 6.50. The van der Waals surface area contributed by atoms with Crippen molar-refractivity contribution in [3.8, 4) is 0 Å². The van der Waals surface area contributed by atoms with Crippen molar-refractivity contribution in [1.82, 2.24) is 19.7 Å². The van der Waals surface area contributed by atoms with Crippen LogP contribution in [-0.2, 0) is 17.0 Å². The predicted octanol–water partition coefficient (Wildman–Crippen LogP) is 3.16. The van der Waals surface area contributed by atoms with Crippen LogP contribution in [-0.4, -0.2) is 32.5 Å². The maximum atomic E-state index is 12.0. The Morgan fingerprint density at radius 3 is 3.00 bits per heavy atom. The summed E-state index contributed by atoms with van der Waals surface area (Å²) in [7, 11) is 0. The number of hydrogen-bond acceptors (Lipinski definition) is 6. The van der Waals surface area contributed by atoms with Gasteiger partial charge in [0.25, 0.3) is 0 Å². The minimum atomic E-state index is -0.155. The summed E-state index contributed by atoms with van der Waals surface area (Å²) in [4.78, 5) is 16.8. The van der Waals surface area contributed by atoms with E-state index < -0.39 is 0 Å². The van der Waals surface area contributed by atoms with Crippen LogP contribution in [0.2, 0.25) is 0 Å². The second kappa shape index (κ2) is 7.41. The van der Waals surface area contributed by atoms with Crippen molar-refractivity contribution in [3.63, 3.8) is 0 Å². The van der Waals surface area contributed by atoms with E-state index in [0.717, 1.165) is 36.1 Å². The fourth-order valence-corrected chi connectivity index (χ4v) is 5.40. The van der Waals surface area contributed by atoms with Gasteiger partial charge in [-0.2, -0.15) is 0 Å². The number of nitrogens with one attached hydrogen (secondary N) is 1. The molecule has 3 heterocycles. The molecule has 8 heteroatoms. The predicted molar refractivity (Wildman–Crippen MR) is 94.7 cm³/mol. The van der Waals surface area contributed by atoms with E-state index in [4.69, 9.17) is 9.72 Å². The van der Waals surface area contributed by atoms with E-state index in [-0.39, 0.29) is 11.8 Å². The van der Waals surface area contributed by atoms with Crippen LogP contribution in [0.3, 0.4) is 0 Å². The van der Waals surface area contributed by atoms with E-state index in [2.05, 4.69) is 15.6 Å². The highest BCUT2D eigenvalue weighted by molar-refractivity contribution is 7.98. The largest absolute Gasteiger partial charge is 0.376 e. The van der Waals surface area contributed by atoms with Crippen LogP contribution in [0.15, 0.2) is 15.3 Å². The highest BCUT2D eigenvalue weighted by Gasteiger charge is 2.21. The van der Waals surface area contributed by atoms with Gasteiger partial charge in [0.2, 0.25) is 0 Å². The zero-order chi connectivity index (χ0) is 16.4. The third-order valence-corrected chi connectivity index (χ3v) is 6.82. The standard InChI is InChI=1S/C16H22N4O2S2/c21-15-18-19-16(20(15)8-13-6-3-7-22-13)24-10-12-9-23-14(17-12)11-4-1-2-5-11/h9,11,13H,1-8,10H2,(H,18,21)/t13-/m1/s1. The Morgan fingerprint density at radius 2 is 2.21 bits per heavy atom. The third-order valence-electron chi connectivity index (χ3n) is 4.76. The number of thiazole rings is 1. The number of H-pyrrole nitrogens is 1. The summed E-state index contributed by atoms with van der Waals surface area (Å²) in [6.45, 7) is 1.38. The minimum Gasteiger partial charge on any atom is -0.376 e. The molecule has 2 aromatic heterocycles. The molecule has 2 aromatic rings. The molecule has 0 bridgehead atoms. The van der Waals surface area contributed by atoms with Crippen molar-refractivity contribution in [2.24, 2.45) is 0 Å². The van der Waals surface area contributed by atoms with Gasteiger partial charge in [-0.1, -0.05) is 24.6 Å². The van der Waals surface area contributed by atoms with Crippen molar-refractivity contribution in [2.45, 2.75) is 68.0 Å². The minimum absolute atomic E-state index is 0.132. The summed E-state index contributed by atoms with van der Waals surface area (Å²) < 4.78 is 7.34. The van der Waals surface area contributed by atoms with Crippen molar-refractivity contribution < 1.29 is 4.74 Å². The van der Waals surface area contributed by atoms with E-state index in [1.807, 2.05) is 0 Å². The van der Waals surface area contributed by atoms with Gasteiger partial charge in [0.15, 0.2) is 5.16 Å². The first-order valence-corrected chi connectivity index (χ1v) is 10.5. The quantitative estimate of drug-likeness (QED) is 0.795. The molecular formula is C16H22N4O2S2. The van der Waals surface area contributed by atoms with Gasteiger partial charge >= 0.3 is 5.69 Å². The molecule has 0 amide bonds. The number of aromatic amines is 1. The van der Waals surface area contributed by atoms with Gasteiger partial charge in [-0.25, -0.2) is 14.9 Å². The lowest BCUT2D eigenvalue weighted by atomic mass is 10.1. The molecular weight excluding hydrogens is 344 g/mol. The first-order valence-electron chi connectivity index (χ1n) is 8.63. The van der Waals surface area contributed by atoms with Gasteiger partial charge in [0, 0.05) is 23.7 Å². The molecule has 2 aliphatic rings. The summed E-state index contributed by atoms with van der Waals surface area (Å²) in [5.74, 6) is 1.41. The van der Waals surface area contributed by atoms with Crippen molar-refractivity contribution in [3.05, 3.63) is 26.6 Å². The molecule has 1 aliphatic carbocycles. The Bertz CT molecular complexity index is 727. The lowest BCUT2D eigenvalue weighted by Crippen LogP contribution is -2.24. The van der Waals surface area contributed by atoms with Gasteiger partial charge in [0.05, 0.1) is 23.4 Å². The second-order valence-corrected chi connectivity index (χ2v) is 8.34. The Kier molecular flexibility index (Phi) is 5.05. The maximum absolute atomic E-state index is 12.0. The first kappa shape index (κ1) is 16.4.